The minimum Gasteiger partial charge on any atom is -0.383 e. The number of nitrogen functional groups attached to an aromatic ring is 1. The van der Waals surface area contributed by atoms with E-state index in [-0.39, 0.29) is 0 Å². The van der Waals surface area contributed by atoms with Gasteiger partial charge >= 0.3 is 0 Å². The number of nitrogens with two attached hydrogens (primary N) is 1. The Morgan fingerprint density at radius 1 is 0.964 bits per heavy atom. The molecular formula is C22H20BrN5. The molecule has 0 saturated heterocycles. The van der Waals surface area contributed by atoms with Crippen LogP contribution in [0.1, 0.15) is 5.56 Å². The Bertz CT molecular complexity index is 1190. The summed E-state index contributed by atoms with van der Waals surface area (Å²) < 4.78 is 0.998. The highest BCUT2D eigenvalue weighted by Gasteiger charge is 2.14. The minimum absolute atomic E-state index is 0.429. The predicted octanol–water partition coefficient (Wildman–Crippen LogP) is 5.08. The highest BCUT2D eigenvalue weighted by molar-refractivity contribution is 9.10. The molecule has 6 heteroatoms. The van der Waals surface area contributed by atoms with Crippen LogP contribution in [-0.4, -0.2) is 29.0 Å². The van der Waals surface area contributed by atoms with Crippen molar-refractivity contribution in [2.75, 3.05) is 24.7 Å². The van der Waals surface area contributed by atoms with Gasteiger partial charge in [-0.1, -0.05) is 34.1 Å². The molecule has 0 atom stereocenters. The summed E-state index contributed by atoms with van der Waals surface area (Å²) in [6.07, 6.45) is 1.46. The van der Waals surface area contributed by atoms with Gasteiger partial charge in [0.1, 0.15) is 12.1 Å². The van der Waals surface area contributed by atoms with Gasteiger partial charge in [0.05, 0.1) is 11.1 Å². The van der Waals surface area contributed by atoms with E-state index >= 15 is 0 Å². The summed E-state index contributed by atoms with van der Waals surface area (Å²) in [5, 5.41) is 0.769. The maximum Gasteiger partial charge on any atom is 0.165 e. The largest absolute Gasteiger partial charge is 0.383 e. The Kier molecular flexibility index (Phi) is 4.73. The number of aryl methyl sites for hydroxylation is 1. The summed E-state index contributed by atoms with van der Waals surface area (Å²) in [5.41, 5.74) is 13.1. The van der Waals surface area contributed by atoms with Crippen LogP contribution in [0.2, 0.25) is 0 Å². The number of aromatic nitrogens is 3. The molecular weight excluding hydrogens is 414 g/mol. The Balaban J connectivity index is 1.98. The molecule has 4 rings (SSSR count). The standard InChI is InChI=1S/C22H20BrN5/c1-13-9-15(7-8-19(13)28(2)3)18-11-17(14-5-4-6-16(23)10-14)20-21(24)25-12-26-22(20)27-18/h4-12H,1-3H3,(H2,24,25,26,27). The molecule has 2 heterocycles. The van der Waals surface area contributed by atoms with E-state index in [9.17, 15) is 0 Å². The third-order valence-corrected chi connectivity index (χ3v) is 5.24. The number of hydrogen-bond donors (Lipinski definition) is 1. The van der Waals surface area contributed by atoms with E-state index in [1.54, 1.807) is 0 Å². The summed E-state index contributed by atoms with van der Waals surface area (Å²) in [5.74, 6) is 0.429. The lowest BCUT2D eigenvalue weighted by Gasteiger charge is -2.17. The van der Waals surface area contributed by atoms with Gasteiger partial charge in [-0.05, 0) is 53.9 Å². The molecule has 0 amide bonds. The molecule has 0 spiro atoms. The number of rotatable bonds is 3. The molecule has 0 saturated carbocycles. The SMILES string of the molecule is Cc1cc(-c2cc(-c3cccc(Br)c3)c3c(N)ncnc3n2)ccc1N(C)C. The lowest BCUT2D eigenvalue weighted by atomic mass is 9.99. The van der Waals surface area contributed by atoms with Crippen molar-refractivity contribution < 1.29 is 0 Å². The molecule has 0 aliphatic heterocycles. The lowest BCUT2D eigenvalue weighted by molar-refractivity contribution is 1.11. The Labute approximate surface area is 172 Å². The number of anilines is 2. The van der Waals surface area contributed by atoms with E-state index in [0.29, 0.717) is 11.5 Å². The molecule has 2 aromatic heterocycles. The van der Waals surface area contributed by atoms with Crippen molar-refractivity contribution in [2.24, 2.45) is 0 Å². The van der Waals surface area contributed by atoms with E-state index in [0.717, 1.165) is 32.2 Å². The number of halogens is 1. The molecule has 2 N–H and O–H groups in total. The summed E-state index contributed by atoms with van der Waals surface area (Å²) in [4.78, 5) is 15.4. The molecule has 0 radical (unpaired) electrons. The highest BCUT2D eigenvalue weighted by Crippen LogP contribution is 2.35. The van der Waals surface area contributed by atoms with Gasteiger partial charge in [0, 0.05) is 29.8 Å². The second-order valence-corrected chi connectivity index (χ2v) is 7.83. The van der Waals surface area contributed by atoms with E-state index in [4.69, 9.17) is 10.7 Å². The van der Waals surface area contributed by atoms with Gasteiger partial charge in [0.2, 0.25) is 0 Å². The minimum atomic E-state index is 0.429. The van der Waals surface area contributed by atoms with Gasteiger partial charge in [-0.2, -0.15) is 0 Å². The van der Waals surface area contributed by atoms with Crippen LogP contribution < -0.4 is 10.6 Å². The normalized spacial score (nSPS) is 11.0. The van der Waals surface area contributed by atoms with Crippen molar-refractivity contribution in [3.8, 4) is 22.4 Å². The van der Waals surface area contributed by atoms with Crippen LogP contribution in [0.5, 0.6) is 0 Å². The summed E-state index contributed by atoms with van der Waals surface area (Å²) in [6.45, 7) is 2.11. The number of nitrogens with zero attached hydrogens (tertiary/aromatic N) is 4. The monoisotopic (exact) mass is 433 g/mol. The molecule has 0 fully saturated rings. The zero-order chi connectivity index (χ0) is 19.8. The Hall–Kier alpha value is -2.99. The lowest BCUT2D eigenvalue weighted by Crippen LogP contribution is -2.10. The van der Waals surface area contributed by atoms with E-state index in [1.807, 2.05) is 26.2 Å². The van der Waals surface area contributed by atoms with Crippen molar-refractivity contribution in [2.45, 2.75) is 6.92 Å². The van der Waals surface area contributed by atoms with Crippen molar-refractivity contribution in [3.63, 3.8) is 0 Å². The first-order chi connectivity index (χ1) is 13.4. The van der Waals surface area contributed by atoms with Gasteiger partial charge in [-0.15, -0.1) is 0 Å². The molecule has 140 valence electrons. The van der Waals surface area contributed by atoms with E-state index < -0.39 is 0 Å². The van der Waals surface area contributed by atoms with Crippen molar-refractivity contribution in [1.29, 1.82) is 0 Å². The topological polar surface area (TPSA) is 67.9 Å². The second kappa shape index (κ2) is 7.20. The molecule has 0 bridgehead atoms. The fraction of sp³-hybridized carbons (Fsp3) is 0.136. The molecule has 28 heavy (non-hydrogen) atoms. The zero-order valence-corrected chi connectivity index (χ0v) is 17.5. The smallest absolute Gasteiger partial charge is 0.165 e. The van der Waals surface area contributed by atoms with Crippen molar-refractivity contribution >= 4 is 38.5 Å². The van der Waals surface area contributed by atoms with E-state index in [2.05, 4.69) is 74.1 Å². The predicted molar refractivity (Wildman–Crippen MR) is 119 cm³/mol. The van der Waals surface area contributed by atoms with Crippen LogP contribution in [0, 0.1) is 6.92 Å². The van der Waals surface area contributed by atoms with Crippen molar-refractivity contribution in [1.82, 2.24) is 15.0 Å². The van der Waals surface area contributed by atoms with Crippen LogP contribution in [0.25, 0.3) is 33.4 Å². The second-order valence-electron chi connectivity index (χ2n) is 6.92. The fourth-order valence-electron chi connectivity index (χ4n) is 3.44. The first-order valence-electron chi connectivity index (χ1n) is 8.89. The van der Waals surface area contributed by atoms with Gasteiger partial charge in [0.25, 0.3) is 0 Å². The summed E-state index contributed by atoms with van der Waals surface area (Å²) in [6, 6.07) is 16.5. The first kappa shape index (κ1) is 18.4. The van der Waals surface area contributed by atoms with Gasteiger partial charge < -0.3 is 10.6 Å². The summed E-state index contributed by atoms with van der Waals surface area (Å²) in [7, 11) is 4.09. The van der Waals surface area contributed by atoms with Crippen LogP contribution in [-0.2, 0) is 0 Å². The van der Waals surface area contributed by atoms with Crippen molar-refractivity contribution in [3.05, 3.63) is 64.9 Å². The molecule has 4 aromatic rings. The maximum atomic E-state index is 6.19. The highest BCUT2D eigenvalue weighted by atomic mass is 79.9. The first-order valence-corrected chi connectivity index (χ1v) is 9.69. The van der Waals surface area contributed by atoms with E-state index in [1.165, 1.54) is 17.6 Å². The van der Waals surface area contributed by atoms with Crippen LogP contribution in [0.15, 0.2) is 59.3 Å². The maximum absolute atomic E-state index is 6.19. The quantitative estimate of drug-likeness (QED) is 0.487. The number of pyridine rings is 1. The molecule has 2 aromatic carbocycles. The number of hydrogen-bond acceptors (Lipinski definition) is 5. The van der Waals surface area contributed by atoms with Gasteiger partial charge in [-0.3, -0.25) is 0 Å². The number of benzene rings is 2. The molecule has 0 unspecified atom stereocenters. The molecule has 5 nitrogen and oxygen atoms in total. The van der Waals surface area contributed by atoms with Crippen LogP contribution >= 0.6 is 15.9 Å². The third kappa shape index (κ3) is 3.31. The average Bonchev–Trinajstić information content (AvgIpc) is 2.67. The zero-order valence-electron chi connectivity index (χ0n) is 15.9. The average molecular weight is 434 g/mol. The Morgan fingerprint density at radius 3 is 2.50 bits per heavy atom. The fourth-order valence-corrected chi connectivity index (χ4v) is 3.84. The number of fused-ring (bicyclic) bond motifs is 1. The van der Waals surface area contributed by atoms with Gasteiger partial charge in [0.15, 0.2) is 5.65 Å². The van der Waals surface area contributed by atoms with Gasteiger partial charge in [-0.25, -0.2) is 15.0 Å². The van der Waals surface area contributed by atoms with Crippen LogP contribution in [0.3, 0.4) is 0 Å². The molecule has 0 aliphatic rings. The Morgan fingerprint density at radius 2 is 1.79 bits per heavy atom. The molecule has 0 aliphatic carbocycles. The summed E-state index contributed by atoms with van der Waals surface area (Å²) >= 11 is 3.55. The third-order valence-electron chi connectivity index (χ3n) is 4.74. The van der Waals surface area contributed by atoms with Crippen LogP contribution in [0.4, 0.5) is 11.5 Å².